The fourth-order valence-electron chi connectivity index (χ4n) is 2.80. The number of ether oxygens (including phenoxy) is 1. The van der Waals surface area contributed by atoms with E-state index in [0.29, 0.717) is 22.8 Å². The van der Waals surface area contributed by atoms with Gasteiger partial charge < -0.3 is 15.1 Å². The minimum Gasteiger partial charge on any atom is -0.618 e. The van der Waals surface area contributed by atoms with Crippen LogP contribution in [0.15, 0.2) is 24.4 Å². The van der Waals surface area contributed by atoms with Gasteiger partial charge in [0.05, 0.1) is 13.0 Å². The third-order valence-corrected chi connectivity index (χ3v) is 4.28. The predicted octanol–water partition coefficient (Wildman–Crippen LogP) is 5.11. The van der Waals surface area contributed by atoms with E-state index in [1.807, 2.05) is 0 Å². The van der Waals surface area contributed by atoms with Crippen LogP contribution in [0.2, 0.25) is 0 Å². The maximum atomic E-state index is 11.9. The van der Waals surface area contributed by atoms with Crippen LogP contribution in [0.1, 0.15) is 83.2 Å². The van der Waals surface area contributed by atoms with Crippen LogP contribution in [0.4, 0.5) is 0 Å². The van der Waals surface area contributed by atoms with E-state index in [9.17, 15) is 10.0 Å². The largest absolute Gasteiger partial charge is 0.618 e. The van der Waals surface area contributed by atoms with Gasteiger partial charge in [-0.2, -0.15) is 4.73 Å². The van der Waals surface area contributed by atoms with E-state index in [0.717, 1.165) is 12.8 Å². The number of hydrogen-bond donors (Lipinski definition) is 1. The molecule has 0 bridgehead atoms. The van der Waals surface area contributed by atoms with E-state index in [1.165, 1.54) is 69.7 Å². The fraction of sp³-hybridized carbons (Fsp3) is 0.619. The van der Waals surface area contributed by atoms with Crippen molar-refractivity contribution >= 4 is 12.0 Å². The molecule has 5 heteroatoms. The molecule has 0 spiro atoms. The second-order valence-corrected chi connectivity index (χ2v) is 6.61. The number of aromatic nitrogens is 1. The first-order chi connectivity index (χ1) is 12.6. The summed E-state index contributed by atoms with van der Waals surface area (Å²) in [4.78, 5) is 10.6. The molecular formula is C21H33NO4. The molecule has 0 saturated heterocycles. The number of hydrogen-bond acceptors (Lipinski definition) is 3. The van der Waals surface area contributed by atoms with E-state index in [4.69, 9.17) is 9.84 Å². The van der Waals surface area contributed by atoms with E-state index >= 15 is 0 Å². The third kappa shape index (κ3) is 10.1. The van der Waals surface area contributed by atoms with Gasteiger partial charge in [0.15, 0.2) is 11.9 Å². The summed E-state index contributed by atoms with van der Waals surface area (Å²) < 4.78 is 6.43. The summed E-state index contributed by atoms with van der Waals surface area (Å²) in [6.45, 7) is 2.81. The summed E-state index contributed by atoms with van der Waals surface area (Å²) in [6.07, 6.45) is 16.9. The Hall–Kier alpha value is -2.04. The SMILES string of the molecule is CCCCCCCCCCCCOc1ccc[n+]([O-])c1/C=C/CC(=O)O. The molecule has 0 atom stereocenters. The van der Waals surface area contributed by atoms with Gasteiger partial charge in [-0.1, -0.05) is 70.8 Å². The molecule has 1 N–H and O–H groups in total. The maximum absolute atomic E-state index is 11.9. The molecule has 0 amide bonds. The monoisotopic (exact) mass is 363 g/mol. The molecule has 146 valence electrons. The quantitative estimate of drug-likeness (QED) is 0.267. The van der Waals surface area contributed by atoms with Crippen LogP contribution in [0.5, 0.6) is 5.75 Å². The first kappa shape index (κ1) is 22.0. The zero-order valence-electron chi connectivity index (χ0n) is 16.0. The molecule has 0 radical (unpaired) electrons. The third-order valence-electron chi connectivity index (χ3n) is 4.28. The zero-order chi connectivity index (χ0) is 19.0. The molecule has 0 saturated carbocycles. The van der Waals surface area contributed by atoms with Crippen molar-refractivity contribution in [3.05, 3.63) is 35.3 Å². The average molecular weight is 363 g/mol. The molecule has 0 unspecified atom stereocenters. The predicted molar refractivity (Wildman–Crippen MR) is 104 cm³/mol. The lowest BCUT2D eigenvalue weighted by Gasteiger charge is -2.09. The van der Waals surface area contributed by atoms with Gasteiger partial charge >= 0.3 is 5.97 Å². The van der Waals surface area contributed by atoms with Crippen molar-refractivity contribution in [2.24, 2.45) is 0 Å². The summed E-state index contributed by atoms with van der Waals surface area (Å²) in [6, 6.07) is 3.38. The summed E-state index contributed by atoms with van der Waals surface area (Å²) in [5, 5.41) is 20.5. The van der Waals surface area contributed by atoms with Gasteiger partial charge in [-0.05, 0) is 12.5 Å². The van der Waals surface area contributed by atoms with Crippen LogP contribution in [0, 0.1) is 5.21 Å². The smallest absolute Gasteiger partial charge is 0.307 e. The lowest BCUT2D eigenvalue weighted by molar-refractivity contribution is -0.607. The van der Waals surface area contributed by atoms with Crippen LogP contribution in [0.3, 0.4) is 0 Å². The van der Waals surface area contributed by atoms with Crippen molar-refractivity contribution in [1.82, 2.24) is 0 Å². The summed E-state index contributed by atoms with van der Waals surface area (Å²) in [5.41, 5.74) is 0.348. The normalized spacial score (nSPS) is 11.1. The highest BCUT2D eigenvalue weighted by molar-refractivity contribution is 5.70. The van der Waals surface area contributed by atoms with Crippen molar-refractivity contribution < 1.29 is 19.4 Å². The molecule has 1 heterocycles. The van der Waals surface area contributed by atoms with Crippen LogP contribution in [-0.2, 0) is 4.79 Å². The minimum atomic E-state index is -0.928. The van der Waals surface area contributed by atoms with Crippen molar-refractivity contribution in [3.8, 4) is 5.75 Å². The molecule has 1 aromatic heterocycles. The molecule has 1 aromatic rings. The fourth-order valence-corrected chi connectivity index (χ4v) is 2.80. The Bertz CT molecular complexity index is 543. The van der Waals surface area contributed by atoms with E-state index in [1.54, 1.807) is 12.1 Å². The van der Waals surface area contributed by atoms with Crippen molar-refractivity contribution in [1.29, 1.82) is 0 Å². The Morgan fingerprint density at radius 1 is 1.12 bits per heavy atom. The van der Waals surface area contributed by atoms with Crippen molar-refractivity contribution in [2.45, 2.75) is 77.6 Å². The Morgan fingerprint density at radius 3 is 2.35 bits per heavy atom. The highest BCUT2D eigenvalue weighted by Gasteiger charge is 2.10. The van der Waals surface area contributed by atoms with Crippen LogP contribution in [0.25, 0.3) is 6.08 Å². The number of pyridine rings is 1. The van der Waals surface area contributed by atoms with Crippen LogP contribution in [-0.4, -0.2) is 17.7 Å². The Morgan fingerprint density at radius 2 is 1.73 bits per heavy atom. The van der Waals surface area contributed by atoms with Gasteiger partial charge in [0.2, 0.25) is 0 Å². The van der Waals surface area contributed by atoms with Gasteiger partial charge in [-0.25, -0.2) is 0 Å². The molecule has 5 nitrogen and oxygen atoms in total. The Balaban J connectivity index is 2.22. The molecule has 0 aliphatic heterocycles. The first-order valence-electron chi connectivity index (χ1n) is 9.88. The van der Waals surface area contributed by atoms with Gasteiger partial charge in [0, 0.05) is 12.1 Å². The van der Waals surface area contributed by atoms with E-state index < -0.39 is 5.97 Å². The summed E-state index contributed by atoms with van der Waals surface area (Å²) in [5.74, 6) is -0.428. The zero-order valence-corrected chi connectivity index (χ0v) is 16.0. The number of unbranched alkanes of at least 4 members (excludes halogenated alkanes) is 9. The number of nitrogens with zero attached hydrogens (tertiary/aromatic N) is 1. The maximum Gasteiger partial charge on any atom is 0.307 e. The number of carboxylic acids is 1. The lowest BCUT2D eigenvalue weighted by atomic mass is 10.1. The average Bonchev–Trinajstić information content (AvgIpc) is 2.61. The van der Waals surface area contributed by atoms with Crippen molar-refractivity contribution in [2.75, 3.05) is 6.61 Å². The molecule has 0 fully saturated rings. The van der Waals surface area contributed by atoms with E-state index in [-0.39, 0.29) is 6.42 Å². The molecule has 0 aromatic carbocycles. The van der Waals surface area contributed by atoms with Crippen molar-refractivity contribution in [3.63, 3.8) is 0 Å². The standard InChI is InChI=1S/C21H33NO4/c1-2-3-4-5-6-7-8-9-10-11-18-26-20-15-13-17-22(25)19(20)14-12-16-21(23)24/h12-15,17H,2-11,16,18H2,1H3,(H,23,24)/b14-12+. The number of rotatable bonds is 15. The second kappa shape index (κ2) is 14.2. The van der Waals surface area contributed by atoms with Gasteiger partial charge in [-0.15, -0.1) is 0 Å². The highest BCUT2D eigenvalue weighted by atomic mass is 16.5. The first-order valence-corrected chi connectivity index (χ1v) is 9.88. The summed E-state index contributed by atoms with van der Waals surface area (Å²) >= 11 is 0. The Labute approximate surface area is 157 Å². The van der Waals surface area contributed by atoms with Gasteiger partial charge in [0.1, 0.15) is 0 Å². The highest BCUT2D eigenvalue weighted by Crippen LogP contribution is 2.17. The molecule has 0 aliphatic carbocycles. The van der Waals surface area contributed by atoms with Gasteiger partial charge in [-0.3, -0.25) is 4.79 Å². The molecule has 0 aliphatic rings. The van der Waals surface area contributed by atoms with Crippen LogP contribution >= 0.6 is 0 Å². The molecule has 26 heavy (non-hydrogen) atoms. The topological polar surface area (TPSA) is 73.5 Å². The lowest BCUT2D eigenvalue weighted by Crippen LogP contribution is -2.29. The number of aliphatic carboxylic acids is 1. The van der Waals surface area contributed by atoms with Crippen LogP contribution < -0.4 is 9.47 Å². The number of carbonyl (C=O) groups is 1. The molecular weight excluding hydrogens is 330 g/mol. The molecule has 1 rings (SSSR count). The van der Waals surface area contributed by atoms with E-state index in [2.05, 4.69) is 6.92 Å². The number of carboxylic acid groups (broad SMARTS) is 1. The Kier molecular flexibility index (Phi) is 12.0. The van der Waals surface area contributed by atoms with Gasteiger partial charge in [0.25, 0.3) is 5.69 Å². The second-order valence-electron chi connectivity index (χ2n) is 6.61. The summed E-state index contributed by atoms with van der Waals surface area (Å²) in [7, 11) is 0. The minimum absolute atomic E-state index is 0.118.